The van der Waals surface area contributed by atoms with E-state index in [1.54, 1.807) is 0 Å². The molecule has 0 radical (unpaired) electrons. The van der Waals surface area contributed by atoms with Crippen molar-refractivity contribution in [2.75, 3.05) is 19.6 Å². The van der Waals surface area contributed by atoms with E-state index in [0.29, 0.717) is 0 Å². The molecular weight excluding hydrogens is 202 g/mol. The number of hydrogen-bond donors (Lipinski definition) is 1. The van der Waals surface area contributed by atoms with Crippen molar-refractivity contribution in [1.82, 2.24) is 4.90 Å². The highest BCUT2D eigenvalue weighted by molar-refractivity contribution is 5.73. The maximum absolute atomic E-state index is 10.9. The molecule has 16 heavy (non-hydrogen) atoms. The van der Waals surface area contributed by atoms with Gasteiger partial charge in [-0.1, -0.05) is 6.92 Å². The van der Waals surface area contributed by atoms with Gasteiger partial charge in [-0.3, -0.25) is 4.79 Å². The average molecular weight is 227 g/mol. The molecule has 1 fully saturated rings. The standard InChI is InChI=1S/C13H25NO2/c1-11-5-9-14(10-6-11)8-4-7-13(2,3)12(15)16/h11H,4-10H2,1-3H3,(H,15,16). The van der Waals surface area contributed by atoms with Crippen LogP contribution in [0.2, 0.25) is 0 Å². The minimum atomic E-state index is -0.681. The Morgan fingerprint density at radius 2 is 1.94 bits per heavy atom. The average Bonchev–Trinajstić information content (AvgIpc) is 2.20. The van der Waals surface area contributed by atoms with Gasteiger partial charge in [0.25, 0.3) is 0 Å². The molecule has 1 rings (SSSR count). The molecule has 0 aromatic heterocycles. The molecule has 0 spiro atoms. The van der Waals surface area contributed by atoms with Crippen LogP contribution in [0.25, 0.3) is 0 Å². The van der Waals surface area contributed by atoms with Crippen molar-refractivity contribution in [3.63, 3.8) is 0 Å². The van der Waals surface area contributed by atoms with Gasteiger partial charge >= 0.3 is 5.97 Å². The molecule has 94 valence electrons. The number of aliphatic carboxylic acids is 1. The first kappa shape index (κ1) is 13.5. The number of piperidine rings is 1. The summed E-state index contributed by atoms with van der Waals surface area (Å²) in [4.78, 5) is 13.4. The number of carbonyl (C=O) groups is 1. The Morgan fingerprint density at radius 1 is 1.38 bits per heavy atom. The summed E-state index contributed by atoms with van der Waals surface area (Å²) in [6.45, 7) is 9.37. The Hall–Kier alpha value is -0.570. The maximum Gasteiger partial charge on any atom is 0.309 e. The molecule has 0 amide bonds. The highest BCUT2D eigenvalue weighted by Gasteiger charge is 2.26. The summed E-state index contributed by atoms with van der Waals surface area (Å²) in [5.74, 6) is 0.187. The molecule has 3 heteroatoms. The number of likely N-dealkylation sites (tertiary alicyclic amines) is 1. The van der Waals surface area contributed by atoms with E-state index in [1.807, 2.05) is 13.8 Å². The molecule has 0 aromatic rings. The smallest absolute Gasteiger partial charge is 0.309 e. The van der Waals surface area contributed by atoms with Crippen molar-refractivity contribution in [3.8, 4) is 0 Å². The van der Waals surface area contributed by atoms with E-state index in [4.69, 9.17) is 5.11 Å². The third-order valence-corrected chi connectivity index (χ3v) is 3.73. The monoisotopic (exact) mass is 227 g/mol. The van der Waals surface area contributed by atoms with Crippen molar-refractivity contribution < 1.29 is 9.90 Å². The minimum absolute atomic E-state index is 0.566. The van der Waals surface area contributed by atoms with Gasteiger partial charge in [-0.2, -0.15) is 0 Å². The second-order valence-corrected chi connectivity index (χ2v) is 5.82. The molecule has 1 N–H and O–H groups in total. The summed E-state index contributed by atoms with van der Waals surface area (Å²) >= 11 is 0. The summed E-state index contributed by atoms with van der Waals surface area (Å²) < 4.78 is 0. The fraction of sp³-hybridized carbons (Fsp3) is 0.923. The van der Waals surface area contributed by atoms with Gasteiger partial charge < -0.3 is 10.0 Å². The number of carboxylic acid groups (broad SMARTS) is 1. The van der Waals surface area contributed by atoms with Gasteiger partial charge in [0, 0.05) is 0 Å². The summed E-state index contributed by atoms with van der Waals surface area (Å²) in [5.41, 5.74) is -0.566. The van der Waals surface area contributed by atoms with E-state index in [1.165, 1.54) is 25.9 Å². The van der Waals surface area contributed by atoms with E-state index in [-0.39, 0.29) is 0 Å². The zero-order chi connectivity index (χ0) is 12.2. The van der Waals surface area contributed by atoms with E-state index in [0.717, 1.165) is 25.3 Å². The lowest BCUT2D eigenvalue weighted by Crippen LogP contribution is -2.34. The van der Waals surface area contributed by atoms with Crippen molar-refractivity contribution in [1.29, 1.82) is 0 Å². The normalized spacial score (nSPS) is 19.9. The molecule has 0 aromatic carbocycles. The number of rotatable bonds is 5. The zero-order valence-corrected chi connectivity index (χ0v) is 10.8. The van der Waals surface area contributed by atoms with Crippen LogP contribution >= 0.6 is 0 Å². The number of nitrogens with zero attached hydrogens (tertiary/aromatic N) is 1. The van der Waals surface area contributed by atoms with Crippen molar-refractivity contribution >= 4 is 5.97 Å². The van der Waals surface area contributed by atoms with Crippen molar-refractivity contribution in [2.24, 2.45) is 11.3 Å². The summed E-state index contributed by atoms with van der Waals surface area (Å²) in [5, 5.41) is 9.00. The van der Waals surface area contributed by atoms with Gasteiger partial charge in [0.15, 0.2) is 0 Å². The van der Waals surface area contributed by atoms with Crippen LogP contribution in [0.4, 0.5) is 0 Å². The molecule has 0 aliphatic carbocycles. The largest absolute Gasteiger partial charge is 0.481 e. The molecule has 1 aliphatic heterocycles. The van der Waals surface area contributed by atoms with Gasteiger partial charge in [0.05, 0.1) is 5.41 Å². The first-order chi connectivity index (χ1) is 7.42. The lowest BCUT2D eigenvalue weighted by molar-refractivity contribution is -0.147. The molecule has 0 saturated carbocycles. The van der Waals surface area contributed by atoms with Crippen LogP contribution < -0.4 is 0 Å². The van der Waals surface area contributed by atoms with Gasteiger partial charge in [-0.25, -0.2) is 0 Å². The van der Waals surface area contributed by atoms with E-state index < -0.39 is 11.4 Å². The number of carboxylic acids is 1. The summed E-state index contributed by atoms with van der Waals surface area (Å²) in [6, 6.07) is 0. The van der Waals surface area contributed by atoms with Gasteiger partial charge in [-0.05, 0) is 65.1 Å². The Labute approximate surface area is 98.8 Å². The lowest BCUT2D eigenvalue weighted by atomic mass is 9.88. The molecule has 0 atom stereocenters. The van der Waals surface area contributed by atoms with Crippen LogP contribution in [0, 0.1) is 11.3 Å². The Bertz CT molecular complexity index is 230. The molecule has 1 aliphatic rings. The molecule has 0 bridgehead atoms. The molecule has 3 nitrogen and oxygen atoms in total. The molecule has 1 saturated heterocycles. The van der Waals surface area contributed by atoms with Gasteiger partial charge in [0.1, 0.15) is 0 Å². The lowest BCUT2D eigenvalue weighted by Gasteiger charge is -2.30. The zero-order valence-electron chi connectivity index (χ0n) is 10.8. The maximum atomic E-state index is 10.9. The fourth-order valence-corrected chi connectivity index (χ4v) is 2.14. The van der Waals surface area contributed by atoms with Crippen LogP contribution in [0.15, 0.2) is 0 Å². The quantitative estimate of drug-likeness (QED) is 0.785. The Kier molecular flexibility index (Phi) is 4.78. The molecule has 1 heterocycles. The van der Waals surface area contributed by atoms with Crippen molar-refractivity contribution in [2.45, 2.75) is 46.5 Å². The first-order valence-electron chi connectivity index (χ1n) is 6.37. The highest BCUT2D eigenvalue weighted by atomic mass is 16.4. The van der Waals surface area contributed by atoms with Crippen LogP contribution in [0.5, 0.6) is 0 Å². The van der Waals surface area contributed by atoms with Gasteiger partial charge in [-0.15, -0.1) is 0 Å². The third kappa shape index (κ3) is 4.12. The molecule has 0 unspecified atom stereocenters. The fourth-order valence-electron chi connectivity index (χ4n) is 2.14. The van der Waals surface area contributed by atoms with E-state index in [9.17, 15) is 4.79 Å². The van der Waals surface area contributed by atoms with E-state index >= 15 is 0 Å². The molecular formula is C13H25NO2. The predicted molar refractivity (Wildman–Crippen MR) is 65.5 cm³/mol. The van der Waals surface area contributed by atoms with Gasteiger partial charge in [0.2, 0.25) is 0 Å². The minimum Gasteiger partial charge on any atom is -0.481 e. The summed E-state index contributed by atoms with van der Waals surface area (Å²) in [7, 11) is 0. The van der Waals surface area contributed by atoms with E-state index in [2.05, 4.69) is 11.8 Å². The van der Waals surface area contributed by atoms with Crippen LogP contribution in [0.1, 0.15) is 46.5 Å². The Morgan fingerprint density at radius 3 is 2.44 bits per heavy atom. The number of hydrogen-bond acceptors (Lipinski definition) is 2. The van der Waals surface area contributed by atoms with Crippen LogP contribution in [-0.2, 0) is 4.79 Å². The highest BCUT2D eigenvalue weighted by Crippen LogP contribution is 2.23. The van der Waals surface area contributed by atoms with Crippen LogP contribution in [-0.4, -0.2) is 35.6 Å². The SMILES string of the molecule is CC1CCN(CCCC(C)(C)C(=O)O)CC1. The summed E-state index contributed by atoms with van der Waals surface area (Å²) in [6.07, 6.45) is 4.35. The second kappa shape index (κ2) is 5.67. The second-order valence-electron chi connectivity index (χ2n) is 5.82. The Balaban J connectivity index is 2.18. The van der Waals surface area contributed by atoms with Crippen LogP contribution in [0.3, 0.4) is 0 Å². The first-order valence-corrected chi connectivity index (χ1v) is 6.37. The van der Waals surface area contributed by atoms with Crippen molar-refractivity contribution in [3.05, 3.63) is 0 Å². The third-order valence-electron chi connectivity index (χ3n) is 3.73. The predicted octanol–water partition coefficient (Wildman–Crippen LogP) is 2.61. The topological polar surface area (TPSA) is 40.5 Å².